The van der Waals surface area contributed by atoms with E-state index in [0.717, 1.165) is 5.56 Å². The number of nitrogens with zero attached hydrogens (tertiary/aromatic N) is 3. The van der Waals surface area contributed by atoms with E-state index < -0.39 is 10.0 Å². The Balaban J connectivity index is 1.60. The summed E-state index contributed by atoms with van der Waals surface area (Å²) in [6, 6.07) is 14.0. The molecule has 0 radical (unpaired) electrons. The maximum absolute atomic E-state index is 11.3. The van der Waals surface area contributed by atoms with Crippen molar-refractivity contribution in [3.63, 3.8) is 0 Å². The highest BCUT2D eigenvalue weighted by molar-refractivity contribution is 7.89. The molecule has 2 aromatic carbocycles. The number of aromatic nitrogens is 3. The Morgan fingerprint density at radius 2 is 1.85 bits per heavy atom. The summed E-state index contributed by atoms with van der Waals surface area (Å²) < 4.78 is 24.2. The molecule has 10 heteroatoms. The number of benzene rings is 2. The number of nitrogens with one attached hydrogen (secondary N) is 2. The third-order valence-corrected chi connectivity index (χ3v) is 4.93. The summed E-state index contributed by atoms with van der Waals surface area (Å²) in [5.41, 5.74) is 2.95. The third kappa shape index (κ3) is 5.09. The van der Waals surface area contributed by atoms with Crippen LogP contribution in [-0.2, 0) is 16.6 Å². The number of nitrogens with two attached hydrogens (primary N) is 1. The molecule has 0 saturated carbocycles. The molecule has 0 atom stereocenters. The molecule has 140 valence electrons. The largest absolute Gasteiger partial charge is 0.332 e. The molecule has 3 rings (SSSR count). The summed E-state index contributed by atoms with van der Waals surface area (Å²) in [4.78, 5) is 4.22. The molecule has 0 aliphatic heterocycles. The van der Waals surface area contributed by atoms with Gasteiger partial charge in [0.1, 0.15) is 6.33 Å². The van der Waals surface area contributed by atoms with Crippen molar-refractivity contribution in [1.82, 2.24) is 14.8 Å². The molecule has 0 bridgehead atoms. The first-order valence-corrected chi connectivity index (χ1v) is 9.91. The van der Waals surface area contributed by atoms with Crippen molar-refractivity contribution in [2.24, 2.45) is 5.14 Å². The predicted octanol–water partition coefficient (Wildman–Crippen LogP) is 2.09. The lowest BCUT2D eigenvalue weighted by Crippen LogP contribution is -2.20. The Morgan fingerprint density at radius 1 is 1.15 bits per heavy atom. The monoisotopic (exact) mass is 402 g/mol. The van der Waals surface area contributed by atoms with E-state index in [1.54, 1.807) is 23.1 Å². The van der Waals surface area contributed by atoms with Gasteiger partial charge in [-0.05, 0) is 54.5 Å². The van der Waals surface area contributed by atoms with Crippen molar-refractivity contribution < 1.29 is 8.42 Å². The summed E-state index contributed by atoms with van der Waals surface area (Å²) in [5, 5.41) is 15.5. The van der Waals surface area contributed by atoms with Crippen molar-refractivity contribution in [3.05, 3.63) is 66.0 Å². The van der Waals surface area contributed by atoms with Crippen LogP contribution in [-0.4, -0.2) is 28.3 Å². The predicted molar refractivity (Wildman–Crippen MR) is 108 cm³/mol. The number of sulfonamides is 1. The van der Waals surface area contributed by atoms with Gasteiger partial charge in [-0.2, -0.15) is 0 Å². The number of primary sulfonamides is 1. The molecule has 3 aromatic rings. The van der Waals surface area contributed by atoms with E-state index >= 15 is 0 Å². The van der Waals surface area contributed by atoms with E-state index in [9.17, 15) is 8.42 Å². The first-order valence-electron chi connectivity index (χ1n) is 7.96. The number of hydrogen-bond donors (Lipinski definition) is 3. The molecule has 0 spiro atoms. The van der Waals surface area contributed by atoms with Gasteiger partial charge in [-0.1, -0.05) is 24.3 Å². The van der Waals surface area contributed by atoms with Crippen molar-refractivity contribution in [1.29, 1.82) is 0 Å². The molecule has 0 aliphatic carbocycles. The standard InChI is InChI=1S/C17H18N6O2S2/c1-12-4-2-3-5-13(12)10-23-11-19-16(22-23)21-17(26)20-14-6-8-15(9-7-14)27(18,24)25/h2-9,11H,10H2,1H3,(H2,18,24,25)(H2,20,21,22,26). The van der Waals surface area contributed by atoms with Gasteiger partial charge in [-0.3, -0.25) is 5.32 Å². The molecule has 0 fully saturated rings. The van der Waals surface area contributed by atoms with E-state index in [0.29, 0.717) is 18.2 Å². The molecule has 0 aliphatic rings. The lowest BCUT2D eigenvalue weighted by Gasteiger charge is -2.08. The van der Waals surface area contributed by atoms with Gasteiger partial charge in [0.25, 0.3) is 0 Å². The van der Waals surface area contributed by atoms with E-state index in [1.165, 1.54) is 17.7 Å². The van der Waals surface area contributed by atoms with Crippen LogP contribution in [0.5, 0.6) is 0 Å². The van der Waals surface area contributed by atoms with Crippen LogP contribution < -0.4 is 15.8 Å². The van der Waals surface area contributed by atoms with Gasteiger partial charge in [0, 0.05) is 5.69 Å². The number of hydrogen-bond acceptors (Lipinski definition) is 5. The first kappa shape index (κ1) is 19.0. The Labute approximate surface area is 162 Å². The average molecular weight is 403 g/mol. The molecule has 0 amide bonds. The Hall–Kier alpha value is -2.82. The van der Waals surface area contributed by atoms with Crippen LogP contribution in [0.2, 0.25) is 0 Å². The summed E-state index contributed by atoms with van der Waals surface area (Å²) >= 11 is 5.23. The van der Waals surface area contributed by atoms with Gasteiger partial charge < -0.3 is 5.32 Å². The number of thiocarbonyl (C=S) groups is 1. The highest BCUT2D eigenvalue weighted by Crippen LogP contribution is 2.13. The first-order chi connectivity index (χ1) is 12.8. The second-order valence-corrected chi connectivity index (χ2v) is 7.81. The summed E-state index contributed by atoms with van der Waals surface area (Å²) in [5.74, 6) is 0.363. The minimum atomic E-state index is -3.72. The SMILES string of the molecule is Cc1ccccc1Cn1cnc(NC(=S)Nc2ccc(S(N)(=O)=O)cc2)n1. The van der Waals surface area contributed by atoms with Gasteiger partial charge in [0.15, 0.2) is 5.11 Å². The lowest BCUT2D eigenvalue weighted by atomic mass is 10.1. The molecular weight excluding hydrogens is 384 g/mol. The molecule has 0 saturated heterocycles. The van der Waals surface area contributed by atoms with Crippen molar-refractivity contribution in [2.75, 3.05) is 10.6 Å². The number of anilines is 2. The second-order valence-electron chi connectivity index (χ2n) is 5.84. The average Bonchev–Trinajstić information content (AvgIpc) is 3.03. The molecule has 8 nitrogen and oxygen atoms in total. The number of rotatable bonds is 5. The highest BCUT2D eigenvalue weighted by atomic mass is 32.2. The lowest BCUT2D eigenvalue weighted by molar-refractivity contribution is 0.598. The van der Waals surface area contributed by atoms with E-state index in [2.05, 4.69) is 20.7 Å². The summed E-state index contributed by atoms with van der Waals surface area (Å²) in [6.45, 7) is 2.65. The smallest absolute Gasteiger partial charge is 0.248 e. The van der Waals surface area contributed by atoms with Crippen molar-refractivity contribution >= 4 is 39.0 Å². The fourth-order valence-electron chi connectivity index (χ4n) is 2.38. The molecule has 0 unspecified atom stereocenters. The highest BCUT2D eigenvalue weighted by Gasteiger charge is 2.08. The van der Waals surface area contributed by atoms with Crippen LogP contribution in [0.4, 0.5) is 11.6 Å². The zero-order chi connectivity index (χ0) is 19.4. The second kappa shape index (κ2) is 7.82. The maximum atomic E-state index is 11.3. The molecule has 27 heavy (non-hydrogen) atoms. The summed E-state index contributed by atoms with van der Waals surface area (Å²) in [7, 11) is -3.72. The van der Waals surface area contributed by atoms with Crippen LogP contribution in [0.3, 0.4) is 0 Å². The van der Waals surface area contributed by atoms with Crippen molar-refractivity contribution in [3.8, 4) is 0 Å². The normalized spacial score (nSPS) is 11.2. The Morgan fingerprint density at radius 3 is 2.52 bits per heavy atom. The summed E-state index contributed by atoms with van der Waals surface area (Å²) in [6.07, 6.45) is 1.62. The topological polar surface area (TPSA) is 115 Å². The zero-order valence-corrected chi connectivity index (χ0v) is 16.1. The Kier molecular flexibility index (Phi) is 5.49. The molecule has 4 N–H and O–H groups in total. The number of aryl methyl sites for hydroxylation is 1. The minimum absolute atomic E-state index is 0.0311. The van der Waals surface area contributed by atoms with Crippen LogP contribution in [0.1, 0.15) is 11.1 Å². The molecule has 1 aromatic heterocycles. The van der Waals surface area contributed by atoms with Crippen molar-refractivity contribution in [2.45, 2.75) is 18.4 Å². The third-order valence-electron chi connectivity index (χ3n) is 3.80. The van der Waals surface area contributed by atoms with Gasteiger partial charge in [-0.25, -0.2) is 23.2 Å². The molecule has 1 heterocycles. The van der Waals surface area contributed by atoms with Gasteiger partial charge in [-0.15, -0.1) is 5.10 Å². The Bertz CT molecular complexity index is 1060. The van der Waals surface area contributed by atoms with Gasteiger partial charge >= 0.3 is 0 Å². The van der Waals surface area contributed by atoms with E-state index in [-0.39, 0.29) is 10.0 Å². The molecular formula is C17H18N6O2S2. The van der Waals surface area contributed by atoms with Crippen LogP contribution >= 0.6 is 12.2 Å². The quantitative estimate of drug-likeness (QED) is 0.560. The van der Waals surface area contributed by atoms with Crippen LogP contribution in [0.25, 0.3) is 0 Å². The fourth-order valence-corrected chi connectivity index (χ4v) is 3.11. The maximum Gasteiger partial charge on any atom is 0.248 e. The minimum Gasteiger partial charge on any atom is -0.332 e. The van der Waals surface area contributed by atoms with E-state index in [4.69, 9.17) is 17.4 Å². The van der Waals surface area contributed by atoms with E-state index in [1.807, 2.05) is 31.2 Å². The van der Waals surface area contributed by atoms with Gasteiger partial charge in [0.05, 0.1) is 11.4 Å². The zero-order valence-electron chi connectivity index (χ0n) is 14.5. The fraction of sp³-hybridized carbons (Fsp3) is 0.118. The van der Waals surface area contributed by atoms with Crippen LogP contribution in [0, 0.1) is 6.92 Å². The van der Waals surface area contributed by atoms with Crippen LogP contribution in [0.15, 0.2) is 59.8 Å². The van der Waals surface area contributed by atoms with Gasteiger partial charge in [0.2, 0.25) is 16.0 Å².